The third-order valence-electron chi connectivity index (χ3n) is 4.38. The van der Waals surface area contributed by atoms with Crippen LogP contribution in [0.1, 0.15) is 22.8 Å². The normalized spacial score (nSPS) is 10.6. The Balaban J connectivity index is 1.63. The number of carbonyl (C=O) groups excluding carboxylic acids is 3. The highest BCUT2D eigenvalue weighted by Gasteiger charge is 2.18. The molecular weight excluding hydrogens is 479 g/mol. The first kappa shape index (κ1) is 24.8. The van der Waals surface area contributed by atoms with Crippen molar-refractivity contribution < 1.29 is 19.1 Å². The maximum atomic E-state index is 12.7. The fourth-order valence-electron chi connectivity index (χ4n) is 2.79. The van der Waals surface area contributed by atoms with E-state index in [-0.39, 0.29) is 11.3 Å². The van der Waals surface area contributed by atoms with E-state index in [2.05, 4.69) is 21.2 Å². The van der Waals surface area contributed by atoms with Crippen LogP contribution in [0.2, 0.25) is 10.0 Å². The summed E-state index contributed by atoms with van der Waals surface area (Å²) in [5, 5.41) is 9.68. The molecule has 174 valence electrons. The lowest BCUT2D eigenvalue weighted by atomic mass is 10.1. The molecule has 0 radical (unpaired) electrons. The molecule has 0 saturated heterocycles. The lowest BCUT2D eigenvalue weighted by molar-refractivity contribution is -0.136. The quantitative estimate of drug-likeness (QED) is 0.248. The van der Waals surface area contributed by atoms with E-state index in [1.807, 2.05) is 6.92 Å². The number of rotatable bonds is 7. The van der Waals surface area contributed by atoms with Crippen LogP contribution >= 0.6 is 23.2 Å². The first-order chi connectivity index (χ1) is 16.4. The van der Waals surface area contributed by atoms with Crippen LogP contribution in [0, 0.1) is 0 Å². The number of carbonyl (C=O) groups is 3. The fourth-order valence-corrected chi connectivity index (χ4v) is 3.24. The number of halogens is 2. The zero-order valence-corrected chi connectivity index (χ0v) is 19.5. The number of ether oxygens (including phenoxy) is 1. The summed E-state index contributed by atoms with van der Waals surface area (Å²) in [5.74, 6) is -1.81. The minimum absolute atomic E-state index is 0.163. The van der Waals surface area contributed by atoms with Gasteiger partial charge in [0.2, 0.25) is 0 Å². The molecule has 10 heteroatoms. The number of amides is 3. The summed E-state index contributed by atoms with van der Waals surface area (Å²) in [6, 6.07) is 17.9. The minimum Gasteiger partial charge on any atom is -0.494 e. The Hall–Kier alpha value is -3.88. The molecule has 3 rings (SSSR count). The lowest BCUT2D eigenvalue weighted by Gasteiger charge is -2.11. The van der Waals surface area contributed by atoms with Crippen molar-refractivity contribution in [3.05, 3.63) is 87.9 Å². The molecule has 3 aromatic carbocycles. The van der Waals surface area contributed by atoms with E-state index in [1.54, 1.807) is 48.5 Å². The Kier molecular flexibility index (Phi) is 8.61. The van der Waals surface area contributed by atoms with Gasteiger partial charge in [-0.3, -0.25) is 14.4 Å². The fraction of sp³-hybridized carbons (Fsp3) is 0.0833. The van der Waals surface area contributed by atoms with Gasteiger partial charge in [-0.25, -0.2) is 5.43 Å². The summed E-state index contributed by atoms with van der Waals surface area (Å²) in [6.07, 6.45) is 1.28. The molecule has 0 bridgehead atoms. The maximum Gasteiger partial charge on any atom is 0.329 e. The second kappa shape index (κ2) is 11.8. The maximum absolute atomic E-state index is 12.7. The van der Waals surface area contributed by atoms with Gasteiger partial charge in [0.05, 0.1) is 29.1 Å². The number of hydrogen-bond acceptors (Lipinski definition) is 5. The molecule has 0 heterocycles. The molecular formula is C24H20Cl2N4O4. The molecule has 0 saturated carbocycles. The van der Waals surface area contributed by atoms with E-state index in [4.69, 9.17) is 27.9 Å². The van der Waals surface area contributed by atoms with Gasteiger partial charge < -0.3 is 15.4 Å². The van der Waals surface area contributed by atoms with E-state index in [0.717, 1.165) is 0 Å². The van der Waals surface area contributed by atoms with Gasteiger partial charge in [-0.05, 0) is 55.5 Å². The highest BCUT2D eigenvalue weighted by molar-refractivity contribution is 6.40. The molecule has 0 spiro atoms. The van der Waals surface area contributed by atoms with Crippen LogP contribution in [0.4, 0.5) is 11.4 Å². The molecule has 3 amide bonds. The molecule has 0 aliphatic carbocycles. The molecule has 0 aliphatic rings. The topological polar surface area (TPSA) is 109 Å². The molecule has 34 heavy (non-hydrogen) atoms. The Bertz CT molecular complexity index is 1230. The van der Waals surface area contributed by atoms with Crippen molar-refractivity contribution in [3.63, 3.8) is 0 Å². The van der Waals surface area contributed by atoms with E-state index in [9.17, 15) is 14.4 Å². The van der Waals surface area contributed by atoms with Gasteiger partial charge in [-0.2, -0.15) is 5.10 Å². The number of hydrogen-bond donors (Lipinski definition) is 3. The number of benzene rings is 3. The monoisotopic (exact) mass is 498 g/mol. The molecule has 0 unspecified atom stereocenters. The molecule has 0 aliphatic heterocycles. The standard InChI is InChI=1S/C24H20Cl2N4O4/c1-2-34-18-11-9-17(10-12-18)28-22(31)19-5-3-4-6-21(19)29-23(32)24(33)30-27-14-15-7-8-16(25)13-20(15)26/h3-14H,2H2,1H3,(H,28,31)(H,29,32)(H,30,33). The Morgan fingerprint density at radius 1 is 0.941 bits per heavy atom. The zero-order valence-electron chi connectivity index (χ0n) is 18.0. The highest BCUT2D eigenvalue weighted by Crippen LogP contribution is 2.20. The molecule has 0 fully saturated rings. The van der Waals surface area contributed by atoms with Crippen LogP contribution in [-0.4, -0.2) is 30.5 Å². The van der Waals surface area contributed by atoms with E-state index in [0.29, 0.717) is 33.7 Å². The van der Waals surface area contributed by atoms with Crippen molar-refractivity contribution in [1.29, 1.82) is 0 Å². The van der Waals surface area contributed by atoms with E-state index in [1.165, 1.54) is 24.4 Å². The summed E-state index contributed by atoms with van der Waals surface area (Å²) in [7, 11) is 0. The van der Waals surface area contributed by atoms with Crippen LogP contribution in [0.25, 0.3) is 0 Å². The number of para-hydroxylation sites is 1. The van der Waals surface area contributed by atoms with Crippen LogP contribution < -0.4 is 20.8 Å². The van der Waals surface area contributed by atoms with Gasteiger partial charge in [-0.15, -0.1) is 0 Å². The Labute approximate surface area is 205 Å². The largest absolute Gasteiger partial charge is 0.494 e. The van der Waals surface area contributed by atoms with Crippen molar-refractivity contribution in [2.45, 2.75) is 6.92 Å². The SMILES string of the molecule is CCOc1ccc(NC(=O)c2ccccc2NC(=O)C(=O)NN=Cc2ccc(Cl)cc2Cl)cc1. The predicted molar refractivity (Wildman–Crippen MR) is 133 cm³/mol. The van der Waals surface area contributed by atoms with Gasteiger partial charge >= 0.3 is 11.8 Å². The van der Waals surface area contributed by atoms with Crippen molar-refractivity contribution in [2.24, 2.45) is 5.10 Å². The van der Waals surface area contributed by atoms with Gasteiger partial charge in [0.1, 0.15) is 5.75 Å². The summed E-state index contributed by atoms with van der Waals surface area (Å²) in [4.78, 5) is 37.2. The number of nitrogens with one attached hydrogen (secondary N) is 3. The van der Waals surface area contributed by atoms with E-state index < -0.39 is 17.7 Å². The Morgan fingerprint density at radius 3 is 2.38 bits per heavy atom. The van der Waals surface area contributed by atoms with Crippen molar-refractivity contribution >= 4 is 58.5 Å². The second-order valence-corrected chi connectivity index (χ2v) is 7.62. The predicted octanol–water partition coefficient (Wildman–Crippen LogP) is 4.73. The molecule has 8 nitrogen and oxygen atoms in total. The van der Waals surface area contributed by atoms with Gasteiger partial charge in [0.15, 0.2) is 0 Å². The minimum atomic E-state index is -1.02. The third kappa shape index (κ3) is 6.81. The van der Waals surface area contributed by atoms with Crippen LogP contribution in [0.3, 0.4) is 0 Å². The summed E-state index contributed by atoms with van der Waals surface area (Å²) < 4.78 is 5.38. The average Bonchev–Trinajstić information content (AvgIpc) is 2.82. The zero-order chi connectivity index (χ0) is 24.5. The third-order valence-corrected chi connectivity index (χ3v) is 4.94. The first-order valence-corrected chi connectivity index (χ1v) is 10.9. The van der Waals surface area contributed by atoms with Crippen LogP contribution in [-0.2, 0) is 9.59 Å². The lowest BCUT2D eigenvalue weighted by Crippen LogP contribution is -2.33. The summed E-state index contributed by atoms with van der Waals surface area (Å²) in [5.41, 5.74) is 3.50. The van der Waals surface area contributed by atoms with Gasteiger partial charge in [0, 0.05) is 16.3 Å². The van der Waals surface area contributed by atoms with Crippen LogP contribution in [0.15, 0.2) is 71.8 Å². The van der Waals surface area contributed by atoms with Crippen molar-refractivity contribution in [3.8, 4) is 5.75 Å². The van der Waals surface area contributed by atoms with Crippen LogP contribution in [0.5, 0.6) is 5.75 Å². The smallest absolute Gasteiger partial charge is 0.329 e. The molecule has 3 aromatic rings. The molecule has 0 atom stereocenters. The summed E-state index contributed by atoms with van der Waals surface area (Å²) in [6.45, 7) is 2.41. The van der Waals surface area contributed by atoms with Crippen molar-refractivity contribution in [2.75, 3.05) is 17.2 Å². The molecule has 0 aromatic heterocycles. The van der Waals surface area contributed by atoms with Crippen molar-refractivity contribution in [1.82, 2.24) is 5.43 Å². The highest BCUT2D eigenvalue weighted by atomic mass is 35.5. The average molecular weight is 499 g/mol. The first-order valence-electron chi connectivity index (χ1n) is 10.1. The van der Waals surface area contributed by atoms with Gasteiger partial charge in [0.25, 0.3) is 5.91 Å². The Morgan fingerprint density at radius 2 is 1.68 bits per heavy atom. The summed E-state index contributed by atoms with van der Waals surface area (Å²) >= 11 is 11.9. The second-order valence-electron chi connectivity index (χ2n) is 6.78. The number of anilines is 2. The van der Waals surface area contributed by atoms with E-state index >= 15 is 0 Å². The number of nitrogens with zero attached hydrogens (tertiary/aromatic N) is 1. The number of hydrazone groups is 1. The molecule has 3 N–H and O–H groups in total. The van der Waals surface area contributed by atoms with Gasteiger partial charge in [-0.1, -0.05) is 41.4 Å².